The van der Waals surface area contributed by atoms with Crippen LogP contribution in [-0.4, -0.2) is 130 Å². The number of aliphatic hydroxyl groups excluding tert-OH is 4. The number of rotatable bonds is 11. The number of hydrogen-bond donors (Lipinski definition) is 7. The van der Waals surface area contributed by atoms with Gasteiger partial charge in [0.2, 0.25) is 0 Å². The second-order valence-electron chi connectivity index (χ2n) is 9.67. The molecule has 9 N–H and O–H groups in total. The van der Waals surface area contributed by atoms with Gasteiger partial charge in [-0.2, -0.15) is 4.57 Å². The first-order valence-corrected chi connectivity index (χ1v) is 15.5. The third-order valence-corrected chi connectivity index (χ3v) is 9.30. The van der Waals surface area contributed by atoms with Crippen molar-refractivity contribution in [1.82, 2.24) is 19.5 Å². The average Bonchev–Trinajstić information content (AvgIpc) is 3.61. The van der Waals surface area contributed by atoms with Crippen LogP contribution in [0.2, 0.25) is 0 Å². The predicted molar refractivity (Wildman–Crippen MR) is 143 cm³/mol. The largest absolute Gasteiger partial charge is 0.756 e. The van der Waals surface area contributed by atoms with Crippen molar-refractivity contribution in [2.45, 2.75) is 49.1 Å². The molecule has 3 aromatic rings. The maximum atomic E-state index is 12.4. The maximum absolute atomic E-state index is 12.4. The van der Waals surface area contributed by atoms with Crippen LogP contribution in [0.5, 0.6) is 0 Å². The van der Waals surface area contributed by atoms with Gasteiger partial charge in [0.1, 0.15) is 47.9 Å². The number of fused-ring (bicyclic) bond motifs is 1. The van der Waals surface area contributed by atoms with Crippen LogP contribution < -0.4 is 20.9 Å². The first-order chi connectivity index (χ1) is 20.7. The number of phosphoric acid groups is 2. The molecule has 5 heterocycles. The second kappa shape index (κ2) is 14.0. The van der Waals surface area contributed by atoms with E-state index in [0.29, 0.717) is 0 Å². The number of phosphoric ester groups is 2. The number of nitrogen functional groups attached to an aromatic ring is 1. The van der Waals surface area contributed by atoms with E-state index in [2.05, 4.69) is 28.3 Å². The summed E-state index contributed by atoms with van der Waals surface area (Å²) in [4.78, 5) is 45.5. The van der Waals surface area contributed by atoms with E-state index in [-0.39, 0.29) is 52.1 Å². The van der Waals surface area contributed by atoms with Crippen molar-refractivity contribution in [3.63, 3.8) is 0 Å². The Bertz CT molecular complexity index is 1640. The summed E-state index contributed by atoms with van der Waals surface area (Å²) in [6.45, 7) is -1.89. The second-order valence-corrected chi connectivity index (χ2v) is 12.7. The van der Waals surface area contributed by atoms with Gasteiger partial charge >= 0.3 is 7.82 Å². The molecule has 0 saturated carbocycles. The fourth-order valence-corrected chi connectivity index (χ4v) is 6.62. The summed E-state index contributed by atoms with van der Waals surface area (Å²) in [5, 5.41) is 41.6. The van der Waals surface area contributed by atoms with Gasteiger partial charge < -0.3 is 55.7 Å². The van der Waals surface area contributed by atoms with Crippen LogP contribution >= 0.6 is 15.6 Å². The van der Waals surface area contributed by atoms with Crippen molar-refractivity contribution in [3.05, 3.63) is 42.7 Å². The molecule has 2 fully saturated rings. The van der Waals surface area contributed by atoms with Crippen molar-refractivity contribution < 1.29 is 71.5 Å². The van der Waals surface area contributed by atoms with Gasteiger partial charge in [-0.05, 0) is 6.07 Å². The number of nitrogens with two attached hydrogens (primary N) is 2. The molecule has 2 aliphatic heterocycles. The number of ether oxygens (including phenoxy) is 2. The van der Waals surface area contributed by atoms with Gasteiger partial charge in [0.05, 0.1) is 19.5 Å². The quantitative estimate of drug-likeness (QED) is 0.0573. The van der Waals surface area contributed by atoms with Gasteiger partial charge in [0.15, 0.2) is 36.2 Å². The summed E-state index contributed by atoms with van der Waals surface area (Å²) in [6, 6.07) is 2.82. The summed E-state index contributed by atoms with van der Waals surface area (Å²) >= 11 is 0. The number of aromatic nitrogens is 5. The summed E-state index contributed by atoms with van der Waals surface area (Å²) in [7, 11) is -11.0. The molecule has 45 heavy (non-hydrogen) atoms. The number of carbonyl (C=O) groups is 1. The van der Waals surface area contributed by atoms with Crippen molar-refractivity contribution in [3.8, 4) is 0 Å². The number of pyridine rings is 1. The molecule has 3 aromatic heterocycles. The predicted octanol–water partition coefficient (Wildman–Crippen LogP) is -4.03. The molecule has 2 unspecified atom stereocenters. The Morgan fingerprint density at radius 1 is 1.04 bits per heavy atom. The normalized spacial score (nSPS) is 30.9. The standard InChI is InChI=1S/C21H27N7O14P2.Na/c22-17-12-19(25-7-24-17)28(8-26-12)21-16(32)14(30)11(41-21)6-39-44(36,37)42-43(34,35)38-5-10-13(29)15(31)20(40-10)27-3-1-2-9(4-27)18(23)33;/h1-4,7-8,10-11,13-16,20-21,29-32H,5-6H2,(H5-,22,23,24,25,33,34,35,36,37);/t10-,11-,13-,14-,15-,16-,20-,21-;/m1./s1. The molecule has 0 spiro atoms. The van der Waals surface area contributed by atoms with Crippen LogP contribution in [-0.2, 0) is 32.0 Å². The third kappa shape index (κ3) is 7.77. The molecule has 0 aromatic carbocycles. The van der Waals surface area contributed by atoms with E-state index in [0.717, 1.165) is 6.33 Å². The van der Waals surface area contributed by atoms with E-state index >= 15 is 0 Å². The van der Waals surface area contributed by atoms with Crippen molar-refractivity contribution in [1.29, 1.82) is 0 Å². The van der Waals surface area contributed by atoms with Crippen molar-refractivity contribution >= 4 is 68.1 Å². The minimum atomic E-state index is -5.62. The van der Waals surface area contributed by atoms with Crippen LogP contribution in [0.25, 0.3) is 11.2 Å². The van der Waals surface area contributed by atoms with Gasteiger partial charge in [-0.3, -0.25) is 18.5 Å². The van der Waals surface area contributed by atoms with E-state index in [4.69, 9.17) is 20.9 Å². The Labute approximate surface area is 274 Å². The number of primary amides is 1. The smallest absolute Gasteiger partial charge is 0.478 e. The maximum Gasteiger partial charge on any atom is 0.478 e. The van der Waals surface area contributed by atoms with E-state index in [9.17, 15) is 44.1 Å². The first-order valence-electron chi connectivity index (χ1n) is 12.6. The molecule has 1 radical (unpaired) electrons. The average molecular weight is 686 g/mol. The number of carbonyl (C=O) groups excluding carboxylic acids is 1. The van der Waals surface area contributed by atoms with Crippen molar-refractivity contribution in [2.24, 2.45) is 5.73 Å². The van der Waals surface area contributed by atoms with Crippen LogP contribution in [0.1, 0.15) is 22.8 Å². The number of aliphatic hydroxyl groups is 4. The molecule has 21 nitrogen and oxygen atoms in total. The minimum Gasteiger partial charge on any atom is -0.756 e. The summed E-state index contributed by atoms with van der Waals surface area (Å²) in [5.41, 5.74) is 11.4. The Hall–Kier alpha value is -2.01. The first kappa shape index (κ1) is 35.8. The molecular weight excluding hydrogens is 659 g/mol. The molecule has 2 aliphatic rings. The van der Waals surface area contributed by atoms with E-state index in [1.807, 2.05) is 0 Å². The molecule has 10 atom stereocenters. The SMILES string of the molecule is NC(=O)c1ccc[n+]([C@@H]2O[C@H](COP(=O)(O)OP(=O)([O-])OC[C@H]3O[C@@H](n4cnc5c(N)ncnc54)[C@H](O)[C@@H]3O)[C@@H](O)[C@H]2O)c1.[Na]. The fraction of sp³-hybridized carbons (Fsp3) is 0.476. The Balaban J connectivity index is 0.00000461. The van der Waals surface area contributed by atoms with Crippen LogP contribution in [0.4, 0.5) is 5.82 Å². The van der Waals surface area contributed by atoms with E-state index in [1.165, 1.54) is 40.0 Å². The van der Waals surface area contributed by atoms with Crippen LogP contribution in [0.3, 0.4) is 0 Å². The van der Waals surface area contributed by atoms with E-state index in [1.54, 1.807) is 0 Å². The molecule has 241 valence electrons. The van der Waals surface area contributed by atoms with Gasteiger partial charge in [-0.15, -0.1) is 0 Å². The summed E-state index contributed by atoms with van der Waals surface area (Å²) < 4.78 is 51.5. The number of anilines is 1. The molecule has 2 saturated heterocycles. The fourth-order valence-electron chi connectivity index (χ4n) is 4.57. The number of imidazole rings is 1. The summed E-state index contributed by atoms with van der Waals surface area (Å²) in [6.07, 6.45) is -7.05. The topological polar surface area (TPSA) is 321 Å². The third-order valence-electron chi connectivity index (χ3n) is 6.74. The molecule has 24 heteroatoms. The zero-order valence-corrected chi connectivity index (χ0v) is 27.0. The van der Waals surface area contributed by atoms with Crippen LogP contribution in [0, 0.1) is 0 Å². The van der Waals surface area contributed by atoms with Gasteiger partial charge in [0, 0.05) is 35.6 Å². The molecular formula is C21H27N7NaO14P2. The van der Waals surface area contributed by atoms with E-state index < -0.39 is 83.8 Å². The van der Waals surface area contributed by atoms with Gasteiger partial charge in [0.25, 0.3) is 20.0 Å². The monoisotopic (exact) mass is 686 g/mol. The molecule has 5 rings (SSSR count). The number of nitrogens with zero attached hydrogens (tertiary/aromatic N) is 5. The zero-order valence-electron chi connectivity index (χ0n) is 23.2. The Morgan fingerprint density at radius 2 is 1.71 bits per heavy atom. The Morgan fingerprint density at radius 3 is 2.42 bits per heavy atom. The molecule has 1 amide bonds. The molecule has 0 aliphatic carbocycles. The number of hydrogen-bond acceptors (Lipinski definition) is 17. The minimum absolute atomic E-state index is 0. The van der Waals surface area contributed by atoms with Gasteiger partial charge in [-0.25, -0.2) is 23.8 Å². The Kier molecular flexibility index (Phi) is 11.1. The zero-order chi connectivity index (χ0) is 32.0. The van der Waals surface area contributed by atoms with Gasteiger partial charge in [-0.1, -0.05) is 0 Å². The molecule has 0 bridgehead atoms. The van der Waals surface area contributed by atoms with Crippen LogP contribution in [0.15, 0.2) is 37.2 Å². The van der Waals surface area contributed by atoms with Crippen molar-refractivity contribution in [2.75, 3.05) is 18.9 Å². The summed E-state index contributed by atoms with van der Waals surface area (Å²) in [5.74, 6) is -0.729. The number of amides is 1.